The summed E-state index contributed by atoms with van der Waals surface area (Å²) in [7, 11) is 0. The number of nitrogens with zero attached hydrogens (tertiary/aromatic N) is 4. The van der Waals surface area contributed by atoms with Crippen molar-refractivity contribution in [2.45, 2.75) is 13.0 Å². The number of anilines is 1. The maximum absolute atomic E-state index is 12.8. The van der Waals surface area contributed by atoms with Crippen LogP contribution in [0.2, 0.25) is 0 Å². The number of alkyl halides is 1. The second-order valence-corrected chi connectivity index (χ2v) is 7.59. The number of amidine groups is 1. The van der Waals surface area contributed by atoms with Gasteiger partial charge in [0.1, 0.15) is 36.7 Å². The Kier molecular flexibility index (Phi) is 7.54. The summed E-state index contributed by atoms with van der Waals surface area (Å²) >= 11 is 0. The van der Waals surface area contributed by atoms with E-state index < -0.39 is 18.4 Å². The molecular weight excluding hydrogens is 467 g/mol. The highest BCUT2D eigenvalue weighted by atomic mass is 19.1. The number of rotatable bonds is 11. The Labute approximate surface area is 205 Å². The largest absolute Gasteiger partial charge is 0.494 e. The first-order chi connectivity index (χ1) is 17.5. The number of hydrogen-bond acceptors (Lipinski definition) is 8. The number of aromatic amines is 1. The van der Waals surface area contributed by atoms with Gasteiger partial charge in [-0.2, -0.15) is 9.78 Å². The van der Waals surface area contributed by atoms with Gasteiger partial charge in [0.2, 0.25) is 0 Å². The maximum Gasteiger partial charge on any atom is 0.349 e. The standard InChI is InChI=1S/C24H25FN8O3/c1-2-35-18-12-16(13-19(14-18)36-11-9-25)21(29-17-7-5-15(6-8-17)22(26)27)23-30-24(34)33(32-23)20-4-3-10-28-31-20/h3-8,10,12-14,21,29H,2,9,11H2,1H3,(H3,26,27)(H,30,32,34)/t21-/m0/s1. The zero-order valence-corrected chi connectivity index (χ0v) is 19.4. The van der Waals surface area contributed by atoms with Crippen LogP contribution in [0.1, 0.15) is 29.9 Å². The molecule has 5 N–H and O–H groups in total. The first kappa shape index (κ1) is 24.4. The van der Waals surface area contributed by atoms with Crippen LogP contribution in [0.3, 0.4) is 0 Å². The minimum absolute atomic E-state index is 0.0517. The minimum atomic E-state index is -0.674. The summed E-state index contributed by atoms with van der Waals surface area (Å²) in [5.41, 5.74) is 6.95. The molecule has 0 radical (unpaired) electrons. The van der Waals surface area contributed by atoms with Gasteiger partial charge in [0.15, 0.2) is 11.6 Å². The van der Waals surface area contributed by atoms with Crippen LogP contribution >= 0.6 is 0 Å². The smallest absolute Gasteiger partial charge is 0.349 e. The van der Waals surface area contributed by atoms with Crippen molar-refractivity contribution in [3.05, 3.63) is 88.2 Å². The Morgan fingerprint density at radius 1 is 1.19 bits per heavy atom. The van der Waals surface area contributed by atoms with E-state index in [1.54, 1.807) is 54.6 Å². The lowest BCUT2D eigenvalue weighted by Gasteiger charge is -2.20. The molecule has 2 aromatic carbocycles. The summed E-state index contributed by atoms with van der Waals surface area (Å²) < 4.78 is 25.1. The number of ether oxygens (including phenoxy) is 2. The lowest BCUT2D eigenvalue weighted by atomic mass is 10.0. The summed E-state index contributed by atoms with van der Waals surface area (Å²) in [6.07, 6.45) is 1.50. The number of halogens is 1. The highest BCUT2D eigenvalue weighted by Gasteiger charge is 2.22. The first-order valence-corrected chi connectivity index (χ1v) is 11.1. The van der Waals surface area contributed by atoms with Crippen LogP contribution < -0.4 is 26.2 Å². The molecule has 0 spiro atoms. The van der Waals surface area contributed by atoms with Gasteiger partial charge in [0.25, 0.3) is 0 Å². The lowest BCUT2D eigenvalue weighted by molar-refractivity contribution is 0.270. The fraction of sp³-hybridized carbons (Fsp3) is 0.208. The van der Waals surface area contributed by atoms with Crippen molar-refractivity contribution in [2.75, 3.05) is 25.2 Å². The topological polar surface area (TPSA) is 157 Å². The predicted molar refractivity (Wildman–Crippen MR) is 132 cm³/mol. The highest BCUT2D eigenvalue weighted by Crippen LogP contribution is 2.31. The van der Waals surface area contributed by atoms with E-state index in [4.69, 9.17) is 20.6 Å². The number of nitrogens with one attached hydrogen (secondary N) is 3. The average molecular weight is 493 g/mol. The molecule has 0 aliphatic rings. The monoisotopic (exact) mass is 492 g/mol. The first-order valence-electron chi connectivity index (χ1n) is 11.1. The third-order valence-corrected chi connectivity index (χ3v) is 5.08. The normalized spacial score (nSPS) is 11.6. The Balaban J connectivity index is 1.79. The Hall–Kier alpha value is -4.74. The molecule has 0 amide bonds. The molecule has 2 heterocycles. The van der Waals surface area contributed by atoms with Crippen LogP contribution in [0, 0.1) is 5.41 Å². The third kappa shape index (κ3) is 5.66. The highest BCUT2D eigenvalue weighted by molar-refractivity contribution is 5.95. The molecular formula is C24H25FN8O3. The molecule has 4 aromatic rings. The second-order valence-electron chi connectivity index (χ2n) is 7.59. The summed E-state index contributed by atoms with van der Waals surface area (Å²) in [5, 5.41) is 23.2. The fourth-order valence-corrected chi connectivity index (χ4v) is 3.50. The number of nitrogen functional groups attached to an aromatic ring is 1. The van der Waals surface area contributed by atoms with Crippen LogP contribution in [0.5, 0.6) is 11.5 Å². The number of aromatic nitrogens is 5. The second kappa shape index (κ2) is 11.1. The van der Waals surface area contributed by atoms with Gasteiger partial charge in [-0.15, -0.1) is 10.2 Å². The van der Waals surface area contributed by atoms with Crippen LogP contribution in [-0.4, -0.2) is 50.7 Å². The van der Waals surface area contributed by atoms with E-state index in [0.29, 0.717) is 34.9 Å². The molecule has 0 bridgehead atoms. The number of nitrogens with two attached hydrogens (primary N) is 1. The van der Waals surface area contributed by atoms with E-state index in [2.05, 4.69) is 25.6 Å². The molecule has 12 heteroatoms. The van der Waals surface area contributed by atoms with E-state index >= 15 is 0 Å². The van der Waals surface area contributed by atoms with E-state index in [9.17, 15) is 9.18 Å². The Bertz CT molecular complexity index is 1370. The van der Waals surface area contributed by atoms with Crippen LogP contribution in [0.4, 0.5) is 10.1 Å². The van der Waals surface area contributed by atoms with Crippen molar-refractivity contribution in [3.63, 3.8) is 0 Å². The zero-order valence-electron chi connectivity index (χ0n) is 19.4. The van der Waals surface area contributed by atoms with E-state index in [1.165, 1.54) is 6.20 Å². The molecule has 36 heavy (non-hydrogen) atoms. The molecule has 0 unspecified atom stereocenters. The minimum Gasteiger partial charge on any atom is -0.494 e. The van der Waals surface area contributed by atoms with Gasteiger partial charge in [-0.05, 0) is 61.0 Å². The molecule has 186 valence electrons. The number of hydrogen-bond donors (Lipinski definition) is 4. The fourth-order valence-electron chi connectivity index (χ4n) is 3.50. The van der Waals surface area contributed by atoms with E-state index in [1.807, 2.05) is 6.92 Å². The van der Waals surface area contributed by atoms with Crippen LogP contribution in [0.15, 0.2) is 65.6 Å². The van der Waals surface area contributed by atoms with Crippen molar-refractivity contribution in [1.82, 2.24) is 25.0 Å². The van der Waals surface area contributed by atoms with Gasteiger partial charge < -0.3 is 20.5 Å². The van der Waals surface area contributed by atoms with Crippen LogP contribution in [0.25, 0.3) is 5.82 Å². The van der Waals surface area contributed by atoms with Crippen molar-refractivity contribution in [3.8, 4) is 17.3 Å². The van der Waals surface area contributed by atoms with Gasteiger partial charge in [-0.3, -0.25) is 10.4 Å². The molecule has 0 saturated heterocycles. The molecule has 0 aliphatic carbocycles. The summed E-state index contributed by atoms with van der Waals surface area (Å²) in [5.74, 6) is 1.40. The molecule has 0 fully saturated rings. The van der Waals surface area contributed by atoms with E-state index in [0.717, 1.165) is 4.68 Å². The molecule has 0 saturated carbocycles. The molecule has 1 atom stereocenters. The van der Waals surface area contributed by atoms with Gasteiger partial charge >= 0.3 is 5.69 Å². The van der Waals surface area contributed by atoms with Crippen LogP contribution in [-0.2, 0) is 0 Å². The molecule has 11 nitrogen and oxygen atoms in total. The van der Waals surface area contributed by atoms with Gasteiger partial charge in [-0.1, -0.05) is 0 Å². The summed E-state index contributed by atoms with van der Waals surface area (Å²) in [4.78, 5) is 15.5. The number of H-pyrrole nitrogens is 1. The van der Waals surface area contributed by atoms with Gasteiger partial charge in [-0.25, -0.2) is 9.18 Å². The SMILES string of the molecule is CCOc1cc(OCCF)cc([C@H](Nc2ccc(C(=N)N)cc2)c2nn(-c3cccnn3)c(=O)[nH]2)c1. The molecule has 0 aliphatic heterocycles. The van der Waals surface area contributed by atoms with Crippen molar-refractivity contribution in [1.29, 1.82) is 5.41 Å². The van der Waals surface area contributed by atoms with Gasteiger partial charge in [0.05, 0.1) is 6.61 Å². The van der Waals surface area contributed by atoms with Gasteiger partial charge in [0, 0.05) is 23.5 Å². The van der Waals surface area contributed by atoms with Crippen molar-refractivity contribution >= 4 is 11.5 Å². The molecule has 2 aromatic heterocycles. The summed E-state index contributed by atoms with van der Waals surface area (Å²) in [6, 6.07) is 14.7. The Morgan fingerprint density at radius 2 is 1.94 bits per heavy atom. The summed E-state index contributed by atoms with van der Waals surface area (Å²) in [6.45, 7) is 1.50. The lowest BCUT2D eigenvalue weighted by Crippen LogP contribution is -2.17. The quantitative estimate of drug-likeness (QED) is 0.184. The average Bonchev–Trinajstić information content (AvgIpc) is 3.28. The van der Waals surface area contributed by atoms with Crippen molar-refractivity contribution in [2.24, 2.45) is 5.73 Å². The zero-order chi connectivity index (χ0) is 25.5. The Morgan fingerprint density at radius 3 is 2.58 bits per heavy atom. The van der Waals surface area contributed by atoms with Crippen molar-refractivity contribution < 1.29 is 13.9 Å². The maximum atomic E-state index is 12.8. The predicted octanol–water partition coefficient (Wildman–Crippen LogP) is 2.58. The third-order valence-electron chi connectivity index (χ3n) is 5.08. The van der Waals surface area contributed by atoms with E-state index in [-0.39, 0.29) is 24.1 Å². The molecule has 4 rings (SSSR count). The number of benzene rings is 2.